The van der Waals surface area contributed by atoms with Crippen molar-refractivity contribution in [3.05, 3.63) is 53.7 Å². The van der Waals surface area contributed by atoms with Gasteiger partial charge in [-0.25, -0.2) is 4.98 Å². The van der Waals surface area contributed by atoms with E-state index in [4.69, 9.17) is 4.74 Å². The molecule has 0 atom stereocenters. The molecule has 0 aliphatic heterocycles. The van der Waals surface area contributed by atoms with Crippen molar-refractivity contribution in [3.63, 3.8) is 0 Å². The first kappa shape index (κ1) is 12.6. The van der Waals surface area contributed by atoms with Gasteiger partial charge in [0.15, 0.2) is 0 Å². The van der Waals surface area contributed by atoms with Crippen LogP contribution in [0.5, 0.6) is 11.6 Å². The maximum absolute atomic E-state index is 5.85. The smallest absolute Gasteiger partial charge is 0.223 e. The second-order valence-electron chi connectivity index (χ2n) is 4.10. The standard InChI is InChI=1S/C15H18N2O/c1-3-12-6-4-8-14(10-12)18-15-13(11-16-2)7-5-9-17-15/h4-10,16H,3,11H2,1-2H3. The molecule has 0 spiro atoms. The molecular formula is C15H18N2O. The van der Waals surface area contributed by atoms with E-state index in [0.717, 1.165) is 24.3 Å². The molecule has 1 N–H and O–H groups in total. The van der Waals surface area contributed by atoms with Crippen molar-refractivity contribution in [1.29, 1.82) is 0 Å². The van der Waals surface area contributed by atoms with Crippen LogP contribution in [0.4, 0.5) is 0 Å². The van der Waals surface area contributed by atoms with Crippen molar-refractivity contribution in [2.75, 3.05) is 7.05 Å². The number of ether oxygens (including phenoxy) is 1. The Balaban J connectivity index is 2.22. The van der Waals surface area contributed by atoms with Gasteiger partial charge in [0.05, 0.1) is 0 Å². The molecule has 0 amide bonds. The molecule has 0 unspecified atom stereocenters. The number of aromatic nitrogens is 1. The minimum atomic E-state index is 0.667. The largest absolute Gasteiger partial charge is 0.439 e. The molecule has 2 aromatic rings. The number of rotatable bonds is 5. The molecule has 0 aliphatic rings. The van der Waals surface area contributed by atoms with Crippen LogP contribution in [0.3, 0.4) is 0 Å². The molecule has 1 aromatic heterocycles. The Kier molecular flexibility index (Phi) is 4.31. The molecule has 18 heavy (non-hydrogen) atoms. The Morgan fingerprint density at radius 1 is 1.22 bits per heavy atom. The molecule has 0 saturated carbocycles. The number of hydrogen-bond acceptors (Lipinski definition) is 3. The van der Waals surface area contributed by atoms with Gasteiger partial charge in [-0.05, 0) is 37.2 Å². The van der Waals surface area contributed by atoms with Crippen molar-refractivity contribution < 1.29 is 4.74 Å². The molecule has 1 heterocycles. The highest BCUT2D eigenvalue weighted by molar-refractivity contribution is 5.34. The molecule has 94 valence electrons. The summed E-state index contributed by atoms with van der Waals surface area (Å²) in [7, 11) is 1.91. The first-order chi connectivity index (χ1) is 8.83. The average Bonchev–Trinajstić information content (AvgIpc) is 2.41. The third kappa shape index (κ3) is 3.08. The molecule has 3 nitrogen and oxygen atoms in total. The number of aryl methyl sites for hydroxylation is 1. The van der Waals surface area contributed by atoms with Crippen LogP contribution < -0.4 is 10.1 Å². The second kappa shape index (κ2) is 6.17. The van der Waals surface area contributed by atoms with Crippen LogP contribution in [0.2, 0.25) is 0 Å². The topological polar surface area (TPSA) is 34.1 Å². The first-order valence-electron chi connectivity index (χ1n) is 6.18. The second-order valence-corrected chi connectivity index (χ2v) is 4.10. The SMILES string of the molecule is CCc1cccc(Oc2ncccc2CNC)c1. The molecule has 0 fully saturated rings. The molecule has 0 saturated heterocycles. The maximum atomic E-state index is 5.85. The molecule has 0 bridgehead atoms. The Morgan fingerprint density at radius 2 is 2.11 bits per heavy atom. The Labute approximate surface area is 108 Å². The number of nitrogens with one attached hydrogen (secondary N) is 1. The lowest BCUT2D eigenvalue weighted by Gasteiger charge is -2.10. The van der Waals surface area contributed by atoms with E-state index in [2.05, 4.69) is 29.4 Å². The lowest BCUT2D eigenvalue weighted by Crippen LogP contribution is -2.07. The predicted octanol–water partition coefficient (Wildman–Crippen LogP) is 3.16. The van der Waals surface area contributed by atoms with E-state index in [1.54, 1.807) is 6.20 Å². The van der Waals surface area contributed by atoms with Gasteiger partial charge in [-0.2, -0.15) is 0 Å². The zero-order chi connectivity index (χ0) is 12.8. The minimum Gasteiger partial charge on any atom is -0.439 e. The molecular weight excluding hydrogens is 224 g/mol. The summed E-state index contributed by atoms with van der Waals surface area (Å²) in [6, 6.07) is 12.0. The quantitative estimate of drug-likeness (QED) is 0.874. The Morgan fingerprint density at radius 3 is 2.89 bits per heavy atom. The summed E-state index contributed by atoms with van der Waals surface area (Å²) in [4.78, 5) is 4.29. The lowest BCUT2D eigenvalue weighted by molar-refractivity contribution is 0.454. The average molecular weight is 242 g/mol. The lowest BCUT2D eigenvalue weighted by atomic mass is 10.2. The van der Waals surface area contributed by atoms with Crippen LogP contribution in [0.25, 0.3) is 0 Å². The monoisotopic (exact) mass is 242 g/mol. The van der Waals surface area contributed by atoms with Gasteiger partial charge in [0.1, 0.15) is 5.75 Å². The number of nitrogens with zero attached hydrogens (tertiary/aromatic N) is 1. The first-order valence-corrected chi connectivity index (χ1v) is 6.18. The van der Waals surface area contributed by atoms with Crippen LogP contribution in [-0.2, 0) is 13.0 Å². The van der Waals surface area contributed by atoms with Gasteiger partial charge in [-0.3, -0.25) is 0 Å². The van der Waals surface area contributed by atoms with Gasteiger partial charge in [-0.15, -0.1) is 0 Å². The normalized spacial score (nSPS) is 10.3. The summed E-state index contributed by atoms with van der Waals surface area (Å²) in [5, 5.41) is 3.11. The Bertz CT molecular complexity index is 511. The molecule has 0 aliphatic carbocycles. The Hall–Kier alpha value is -1.87. The van der Waals surface area contributed by atoms with Crippen molar-refractivity contribution in [2.45, 2.75) is 19.9 Å². The minimum absolute atomic E-state index is 0.667. The fraction of sp³-hybridized carbons (Fsp3) is 0.267. The fourth-order valence-corrected chi connectivity index (χ4v) is 1.78. The summed E-state index contributed by atoms with van der Waals surface area (Å²) in [5.41, 5.74) is 2.32. The highest BCUT2D eigenvalue weighted by Crippen LogP contribution is 2.23. The molecule has 2 rings (SSSR count). The molecule has 1 aromatic carbocycles. The van der Waals surface area contributed by atoms with Gasteiger partial charge >= 0.3 is 0 Å². The van der Waals surface area contributed by atoms with E-state index in [9.17, 15) is 0 Å². The summed E-state index contributed by atoms with van der Waals surface area (Å²) < 4.78 is 5.85. The maximum Gasteiger partial charge on any atom is 0.223 e. The van der Waals surface area contributed by atoms with E-state index in [1.165, 1.54) is 5.56 Å². The number of benzene rings is 1. The van der Waals surface area contributed by atoms with Gasteiger partial charge in [-0.1, -0.05) is 25.1 Å². The van der Waals surface area contributed by atoms with Gasteiger partial charge in [0.25, 0.3) is 0 Å². The molecule has 0 radical (unpaired) electrons. The van der Waals surface area contributed by atoms with Crippen LogP contribution in [0.15, 0.2) is 42.6 Å². The zero-order valence-electron chi connectivity index (χ0n) is 10.8. The van der Waals surface area contributed by atoms with E-state index < -0.39 is 0 Å². The van der Waals surface area contributed by atoms with E-state index in [-0.39, 0.29) is 0 Å². The van der Waals surface area contributed by atoms with Crippen LogP contribution in [0, 0.1) is 0 Å². The summed E-state index contributed by atoms with van der Waals surface area (Å²) in [5.74, 6) is 1.51. The van der Waals surface area contributed by atoms with Crippen molar-refractivity contribution in [2.24, 2.45) is 0 Å². The molecule has 3 heteroatoms. The van der Waals surface area contributed by atoms with Crippen LogP contribution >= 0.6 is 0 Å². The third-order valence-corrected chi connectivity index (χ3v) is 2.74. The summed E-state index contributed by atoms with van der Waals surface area (Å²) in [6.07, 6.45) is 2.75. The van der Waals surface area contributed by atoms with Gasteiger partial charge < -0.3 is 10.1 Å². The van der Waals surface area contributed by atoms with Gasteiger partial charge in [0.2, 0.25) is 5.88 Å². The fourth-order valence-electron chi connectivity index (χ4n) is 1.78. The van der Waals surface area contributed by atoms with Crippen LogP contribution in [0.1, 0.15) is 18.1 Å². The predicted molar refractivity (Wildman–Crippen MR) is 72.9 cm³/mol. The highest BCUT2D eigenvalue weighted by atomic mass is 16.5. The highest BCUT2D eigenvalue weighted by Gasteiger charge is 2.05. The van der Waals surface area contributed by atoms with Crippen molar-refractivity contribution >= 4 is 0 Å². The van der Waals surface area contributed by atoms with Crippen molar-refractivity contribution in [3.8, 4) is 11.6 Å². The van der Waals surface area contributed by atoms with Crippen LogP contribution in [-0.4, -0.2) is 12.0 Å². The summed E-state index contributed by atoms with van der Waals surface area (Å²) >= 11 is 0. The number of pyridine rings is 1. The third-order valence-electron chi connectivity index (χ3n) is 2.74. The van der Waals surface area contributed by atoms with E-state index in [0.29, 0.717) is 5.88 Å². The van der Waals surface area contributed by atoms with E-state index >= 15 is 0 Å². The number of hydrogen-bond donors (Lipinski definition) is 1. The zero-order valence-corrected chi connectivity index (χ0v) is 10.8. The van der Waals surface area contributed by atoms with Crippen molar-refractivity contribution in [1.82, 2.24) is 10.3 Å². The van der Waals surface area contributed by atoms with Gasteiger partial charge in [0, 0.05) is 18.3 Å². The van der Waals surface area contributed by atoms with E-state index in [1.807, 2.05) is 31.3 Å². The summed E-state index contributed by atoms with van der Waals surface area (Å²) in [6.45, 7) is 2.88.